The number of H-pyrrole nitrogens is 1. The lowest BCUT2D eigenvalue weighted by Crippen LogP contribution is -2.21. The van der Waals surface area contributed by atoms with Crippen LogP contribution in [0.15, 0.2) is 34.0 Å². The third kappa shape index (κ3) is 1.72. The normalized spacial score (nSPS) is 16.7. The largest absolute Gasteiger partial charge is 0.868 e. The number of nitrogens with one attached hydrogen (secondary N) is 1. The molecule has 0 saturated carbocycles. The highest BCUT2D eigenvalue weighted by Gasteiger charge is 2.30. The number of hydrogen-bond acceptors (Lipinski definition) is 2. The minimum absolute atomic E-state index is 0.0606. The quantitative estimate of drug-likeness (QED) is 0.774. The van der Waals surface area contributed by atoms with Gasteiger partial charge in [-0.2, -0.15) is 0 Å². The second kappa shape index (κ2) is 4.11. The van der Waals surface area contributed by atoms with Crippen LogP contribution in [-0.4, -0.2) is 16.5 Å². The zero-order chi connectivity index (χ0) is 11.8. The van der Waals surface area contributed by atoms with Gasteiger partial charge in [0.05, 0.1) is 0 Å². The summed E-state index contributed by atoms with van der Waals surface area (Å²) in [6.45, 7) is 0. The van der Waals surface area contributed by atoms with E-state index in [1.54, 1.807) is 12.1 Å². The summed E-state index contributed by atoms with van der Waals surface area (Å²) >= 11 is 0. The highest BCUT2D eigenvalue weighted by atomic mass is 32.2. The first-order chi connectivity index (χ1) is 8.27. The average Bonchev–Trinajstić information content (AvgIpc) is 2.83. The van der Waals surface area contributed by atoms with Gasteiger partial charge in [0.15, 0.2) is 0 Å². The molecule has 17 heavy (non-hydrogen) atoms. The molecule has 0 atom stereocenters. The minimum atomic E-state index is -0.182. The molecule has 0 bridgehead atoms. The lowest BCUT2D eigenvalue weighted by Gasteiger charge is -2.13. The van der Waals surface area contributed by atoms with E-state index in [1.165, 1.54) is 0 Å². The summed E-state index contributed by atoms with van der Waals surface area (Å²) in [6.07, 6.45) is 2.27. The van der Waals surface area contributed by atoms with Crippen molar-refractivity contribution in [2.24, 2.45) is 0 Å². The Balaban J connectivity index is 2.27. The van der Waals surface area contributed by atoms with E-state index in [-0.39, 0.29) is 22.2 Å². The monoisotopic (exact) mass is 247 g/mol. The summed E-state index contributed by atoms with van der Waals surface area (Å²) in [6, 6.07) is 7.23. The Morgan fingerprint density at radius 2 is 1.88 bits per heavy atom. The van der Waals surface area contributed by atoms with Crippen molar-refractivity contribution >= 4 is 21.8 Å². The molecule has 0 amide bonds. The van der Waals surface area contributed by atoms with E-state index in [4.69, 9.17) is 0 Å². The molecule has 0 radical (unpaired) electrons. The van der Waals surface area contributed by atoms with Crippen LogP contribution in [0.3, 0.4) is 0 Å². The predicted molar refractivity (Wildman–Crippen MR) is 68.6 cm³/mol. The third-order valence-electron chi connectivity index (χ3n) is 3.15. The summed E-state index contributed by atoms with van der Waals surface area (Å²) in [4.78, 5) is 15.3. The number of fused-ring (bicyclic) bond motifs is 1. The lowest BCUT2D eigenvalue weighted by molar-refractivity contribution is -0.270. The van der Waals surface area contributed by atoms with E-state index in [1.807, 2.05) is 12.1 Å². The van der Waals surface area contributed by atoms with Crippen LogP contribution in [0.1, 0.15) is 12.8 Å². The van der Waals surface area contributed by atoms with Gasteiger partial charge < -0.3 is 10.1 Å². The molecule has 4 heteroatoms. The van der Waals surface area contributed by atoms with E-state index in [9.17, 15) is 9.90 Å². The summed E-state index contributed by atoms with van der Waals surface area (Å²) < 4.78 is 0. The van der Waals surface area contributed by atoms with Crippen molar-refractivity contribution in [1.82, 2.24) is 4.98 Å². The van der Waals surface area contributed by atoms with Crippen LogP contribution in [0.25, 0.3) is 10.9 Å². The molecule has 1 aliphatic rings. The topological polar surface area (TPSA) is 55.9 Å². The van der Waals surface area contributed by atoms with Crippen molar-refractivity contribution in [2.75, 3.05) is 11.5 Å². The molecular weight excluding hydrogens is 234 g/mol. The third-order valence-corrected chi connectivity index (χ3v) is 5.66. The van der Waals surface area contributed by atoms with E-state index in [0.717, 1.165) is 24.3 Å². The summed E-state index contributed by atoms with van der Waals surface area (Å²) in [5.74, 6) is 1.93. The van der Waals surface area contributed by atoms with Gasteiger partial charge in [0.25, 0.3) is 0 Å². The van der Waals surface area contributed by atoms with Gasteiger partial charge in [-0.3, -0.25) is 4.79 Å². The summed E-state index contributed by atoms with van der Waals surface area (Å²) in [5, 5.41) is 13.0. The fourth-order valence-electron chi connectivity index (χ4n) is 2.32. The predicted octanol–water partition coefficient (Wildman–Crippen LogP) is 1.37. The van der Waals surface area contributed by atoms with Crippen molar-refractivity contribution < 1.29 is 5.11 Å². The molecule has 1 aromatic carbocycles. The van der Waals surface area contributed by atoms with E-state index in [2.05, 4.69) is 4.98 Å². The van der Waals surface area contributed by atoms with Crippen LogP contribution in [-0.2, 0) is 10.9 Å². The Kier molecular flexibility index (Phi) is 2.59. The maximum absolute atomic E-state index is 12.3. The SMILES string of the molecule is O=c1[nH]c2ccccc2c([O-])c1[S+]1CCCC1. The first kappa shape index (κ1) is 10.7. The van der Waals surface area contributed by atoms with Gasteiger partial charge in [-0.05, 0) is 30.0 Å². The van der Waals surface area contributed by atoms with Gasteiger partial charge in [0.1, 0.15) is 11.5 Å². The maximum Gasteiger partial charge on any atom is 0.303 e. The van der Waals surface area contributed by atoms with Crippen molar-refractivity contribution in [1.29, 1.82) is 0 Å². The van der Waals surface area contributed by atoms with Crippen molar-refractivity contribution in [3.05, 3.63) is 34.6 Å². The number of aromatic amines is 1. The first-order valence-electron chi connectivity index (χ1n) is 5.77. The van der Waals surface area contributed by atoms with Crippen LogP contribution in [0.5, 0.6) is 5.75 Å². The molecule has 0 unspecified atom stereocenters. The molecule has 2 heterocycles. The minimum Gasteiger partial charge on any atom is -0.868 e. The highest BCUT2D eigenvalue weighted by molar-refractivity contribution is 7.97. The lowest BCUT2D eigenvalue weighted by atomic mass is 10.2. The number of benzene rings is 1. The number of para-hydroxylation sites is 1. The molecule has 2 aromatic rings. The van der Waals surface area contributed by atoms with Gasteiger partial charge in [0.2, 0.25) is 4.90 Å². The molecule has 1 N–H and O–H groups in total. The van der Waals surface area contributed by atoms with E-state index in [0.29, 0.717) is 15.8 Å². The highest BCUT2D eigenvalue weighted by Crippen LogP contribution is 2.30. The smallest absolute Gasteiger partial charge is 0.303 e. The van der Waals surface area contributed by atoms with Crippen molar-refractivity contribution in [3.8, 4) is 5.75 Å². The van der Waals surface area contributed by atoms with E-state index < -0.39 is 0 Å². The Labute approximate surface area is 102 Å². The Morgan fingerprint density at radius 3 is 2.65 bits per heavy atom. The van der Waals surface area contributed by atoms with Crippen LogP contribution >= 0.6 is 0 Å². The van der Waals surface area contributed by atoms with Gasteiger partial charge in [0, 0.05) is 16.4 Å². The second-order valence-electron chi connectivity index (χ2n) is 4.27. The Hall–Kier alpha value is -1.42. The van der Waals surface area contributed by atoms with Crippen LogP contribution in [0.4, 0.5) is 0 Å². The molecule has 3 rings (SSSR count). The summed E-state index contributed by atoms with van der Waals surface area (Å²) in [7, 11) is -0.126. The number of pyridine rings is 1. The standard InChI is InChI=1S/C13H13NO2S/c15-11-9-5-1-2-6-10(9)14-13(16)12(11)17-7-3-4-8-17/h1-2,5-6H,3-4,7-8H2,(H-,14,15,16). The fourth-order valence-corrected chi connectivity index (χ4v) is 4.72. The van der Waals surface area contributed by atoms with E-state index >= 15 is 0 Å². The number of hydrogen-bond donors (Lipinski definition) is 1. The summed E-state index contributed by atoms with van der Waals surface area (Å²) in [5.41, 5.74) is 0.466. The molecule has 88 valence electrons. The molecule has 0 spiro atoms. The average molecular weight is 247 g/mol. The molecule has 3 nitrogen and oxygen atoms in total. The van der Waals surface area contributed by atoms with Crippen molar-refractivity contribution in [3.63, 3.8) is 0 Å². The van der Waals surface area contributed by atoms with Crippen LogP contribution in [0.2, 0.25) is 0 Å². The van der Waals surface area contributed by atoms with Gasteiger partial charge in [-0.15, -0.1) is 0 Å². The molecule has 0 aliphatic carbocycles. The Bertz CT molecular complexity index is 614. The first-order valence-corrected chi connectivity index (χ1v) is 7.33. The van der Waals surface area contributed by atoms with Gasteiger partial charge in [-0.1, -0.05) is 18.2 Å². The fraction of sp³-hybridized carbons (Fsp3) is 0.308. The zero-order valence-corrected chi connectivity index (χ0v) is 10.2. The molecule has 1 aromatic heterocycles. The second-order valence-corrected chi connectivity index (χ2v) is 6.48. The molecule has 1 saturated heterocycles. The molecule has 1 fully saturated rings. The van der Waals surface area contributed by atoms with Gasteiger partial charge >= 0.3 is 5.56 Å². The Morgan fingerprint density at radius 1 is 1.18 bits per heavy atom. The molecule has 1 aliphatic heterocycles. The van der Waals surface area contributed by atoms with Crippen molar-refractivity contribution in [2.45, 2.75) is 17.7 Å². The zero-order valence-electron chi connectivity index (χ0n) is 9.36. The van der Waals surface area contributed by atoms with Crippen LogP contribution < -0.4 is 10.7 Å². The maximum atomic E-state index is 12.3. The van der Waals surface area contributed by atoms with Crippen LogP contribution in [0, 0.1) is 0 Å². The number of rotatable bonds is 1. The number of aromatic nitrogens is 1. The molecular formula is C13H13NO2S. The van der Waals surface area contributed by atoms with Gasteiger partial charge in [-0.25, -0.2) is 0 Å².